The number of aryl methyl sites for hydroxylation is 4. The lowest BCUT2D eigenvalue weighted by Gasteiger charge is -2.26. The lowest BCUT2D eigenvalue weighted by Crippen LogP contribution is -2.44. The summed E-state index contributed by atoms with van der Waals surface area (Å²) in [6, 6.07) is 5.13. The number of hydrogen-bond acceptors (Lipinski definition) is 15. The molecule has 6 aromatic heterocycles. The van der Waals surface area contributed by atoms with Crippen molar-refractivity contribution in [1.29, 1.82) is 0 Å². The number of alkyl halides is 8. The third-order valence-corrected chi connectivity index (χ3v) is 15.6. The Kier molecular flexibility index (Phi) is 21.1. The van der Waals surface area contributed by atoms with E-state index in [1.807, 2.05) is 6.92 Å². The fourth-order valence-corrected chi connectivity index (χ4v) is 10.5. The SMILES string of the molecule is Cc1cnc(-c2cnc(C(F)(F)F)nc2)cc1CCC(=O)[C@@H]1C[C@@H](F)[C@H](C)N1.Cl.[C-]#[N+]c1ccc(S(=O)(=O)Cl)nc1.[C-]#[N+]c1ccc(S(=O)(=O)N2[C@H](C(=O)CCc3cc(-c4cnc(C(F)(F)F)nc4)ncc3C)C[C@@H](F)[C@@H]2C)nc1. The van der Waals surface area contributed by atoms with Gasteiger partial charge < -0.3 is 5.32 Å². The van der Waals surface area contributed by atoms with Crippen LogP contribution in [0.3, 0.4) is 0 Å². The summed E-state index contributed by atoms with van der Waals surface area (Å²) in [5, 5.41) is 2.34. The molecule has 0 bridgehead atoms. The van der Waals surface area contributed by atoms with Crippen LogP contribution in [0.15, 0.2) is 96.0 Å². The van der Waals surface area contributed by atoms with Gasteiger partial charge in [-0.15, -0.1) is 12.4 Å². The van der Waals surface area contributed by atoms with Crippen molar-refractivity contribution in [3.63, 3.8) is 0 Å². The molecule has 18 nitrogen and oxygen atoms in total. The zero-order valence-corrected chi connectivity index (χ0v) is 45.5. The molecule has 30 heteroatoms. The van der Waals surface area contributed by atoms with Gasteiger partial charge in [-0.25, -0.2) is 55.2 Å². The molecule has 0 amide bonds. The quantitative estimate of drug-likeness (QED) is 0.0644. The minimum Gasteiger partial charge on any atom is -0.302 e. The fourth-order valence-electron chi connectivity index (χ4n) is 8.10. The molecule has 1 N–H and O–H groups in total. The van der Waals surface area contributed by atoms with Crippen LogP contribution in [-0.2, 0) is 53.9 Å². The highest BCUT2D eigenvalue weighted by Gasteiger charge is 2.49. The van der Waals surface area contributed by atoms with Gasteiger partial charge in [-0.3, -0.25) is 29.5 Å². The van der Waals surface area contributed by atoms with Gasteiger partial charge in [0, 0.05) is 103 Å². The lowest BCUT2D eigenvalue weighted by atomic mass is 9.99. The number of Topliss-reactive ketones (excluding diaryl/α,β-unsaturated/α-hetero) is 2. The summed E-state index contributed by atoms with van der Waals surface area (Å²) in [7, 11) is -3.12. The van der Waals surface area contributed by atoms with Crippen LogP contribution in [-0.4, -0.2) is 109 Å². The molecule has 0 spiro atoms. The van der Waals surface area contributed by atoms with E-state index in [4.69, 9.17) is 23.8 Å². The van der Waals surface area contributed by atoms with Gasteiger partial charge in [0.1, 0.15) is 18.1 Å². The number of carbonyl (C=O) groups is 2. The van der Waals surface area contributed by atoms with Gasteiger partial charge in [-0.1, -0.05) is 12.1 Å². The van der Waals surface area contributed by atoms with E-state index in [0.29, 0.717) is 34.5 Å². The molecule has 8 heterocycles. The number of halogens is 10. The van der Waals surface area contributed by atoms with E-state index in [1.54, 1.807) is 32.2 Å². The smallest absolute Gasteiger partial charge is 0.302 e. The first-order chi connectivity index (χ1) is 37.0. The van der Waals surface area contributed by atoms with Crippen molar-refractivity contribution in [2.24, 2.45) is 0 Å². The summed E-state index contributed by atoms with van der Waals surface area (Å²) in [5.74, 6) is -3.03. The average Bonchev–Trinajstić information content (AvgIpc) is 4.11. The Morgan fingerprint density at radius 2 is 1.09 bits per heavy atom. The number of rotatable bonds is 13. The number of ketones is 2. The van der Waals surface area contributed by atoms with Crippen LogP contribution in [0, 0.1) is 27.0 Å². The molecule has 424 valence electrons. The molecule has 0 unspecified atom stereocenters. The molecule has 0 saturated carbocycles. The third kappa shape index (κ3) is 16.1. The second-order valence-corrected chi connectivity index (χ2v) is 22.3. The Hall–Kier alpha value is -7.08. The molecule has 80 heavy (non-hydrogen) atoms. The topological polar surface area (TPSA) is 230 Å². The molecule has 6 atom stereocenters. The summed E-state index contributed by atoms with van der Waals surface area (Å²) in [4.78, 5) is 60.9. The first-order valence-corrected chi connectivity index (χ1v) is 27.2. The number of pyridine rings is 4. The van der Waals surface area contributed by atoms with E-state index in [1.165, 1.54) is 31.3 Å². The van der Waals surface area contributed by atoms with Gasteiger partial charge >= 0.3 is 12.4 Å². The first kappa shape index (κ1) is 63.7. The number of sulfonamides is 1. The van der Waals surface area contributed by atoms with Crippen molar-refractivity contribution in [3.05, 3.63) is 143 Å². The Labute approximate surface area is 464 Å². The monoisotopic (exact) mass is 1200 g/mol. The maximum absolute atomic E-state index is 14.7. The van der Waals surface area contributed by atoms with Crippen molar-refractivity contribution in [3.8, 4) is 22.5 Å². The standard InChI is InChI=1S/C25H22F4N6O3S.C19H20F4N4O.C6H3ClN2O2S.ClH/c1-14-10-31-20(17-11-33-24(34-12-17)25(27,28)29)8-16(14)4-6-22(36)21-9-19(26)15(2)35(21)39(37,38)23-7-5-18(30-3)13-32-23;1-10-7-24-15(13-8-25-18(26-9-13)19(21,22)23)5-12(10)3-4-17(28)16-6-14(20)11(2)27-16;1-8-5-2-3-6(9-4-5)12(7,10)11;/h5,7-8,10-13,15,19,21H,4,6,9H2,1-2H3;5,7-9,11,14,16,27H,3-4,6H2,1-2H3;2-4H;1H/t15-,19+,21-;11-,14+,16-;;/m00../s1. The predicted molar refractivity (Wildman–Crippen MR) is 276 cm³/mol. The second kappa shape index (κ2) is 26.5. The van der Waals surface area contributed by atoms with Crippen LogP contribution >= 0.6 is 23.1 Å². The summed E-state index contributed by atoms with van der Waals surface area (Å²) >= 11 is 0. The Morgan fingerprint density at radius 1 is 0.650 bits per heavy atom. The van der Waals surface area contributed by atoms with Gasteiger partial charge in [0.15, 0.2) is 15.8 Å². The number of hydrogen-bond donors (Lipinski definition) is 1. The van der Waals surface area contributed by atoms with Crippen LogP contribution in [0.25, 0.3) is 32.2 Å². The van der Waals surface area contributed by atoms with E-state index in [9.17, 15) is 61.5 Å². The maximum Gasteiger partial charge on any atom is 0.451 e. The maximum atomic E-state index is 14.7. The number of nitrogens with one attached hydrogen (secondary N) is 1. The van der Waals surface area contributed by atoms with Crippen LogP contribution in [0.2, 0.25) is 0 Å². The molecule has 2 saturated heterocycles. The van der Waals surface area contributed by atoms with Crippen LogP contribution in [0.5, 0.6) is 0 Å². The summed E-state index contributed by atoms with van der Waals surface area (Å²) in [5.41, 5.74) is 4.81. The van der Waals surface area contributed by atoms with Gasteiger partial charge in [0.2, 0.25) is 23.0 Å². The number of aromatic nitrogens is 8. The number of nitrogens with zero attached hydrogens (tertiary/aromatic N) is 11. The highest BCUT2D eigenvalue weighted by molar-refractivity contribution is 8.13. The minimum absolute atomic E-state index is 0. The van der Waals surface area contributed by atoms with Crippen molar-refractivity contribution < 1.29 is 61.5 Å². The van der Waals surface area contributed by atoms with Gasteiger partial charge in [0.25, 0.3) is 19.1 Å². The van der Waals surface area contributed by atoms with Crippen molar-refractivity contribution >= 4 is 65.1 Å². The molecule has 8 rings (SSSR count). The van der Waals surface area contributed by atoms with Crippen LogP contribution in [0.1, 0.15) is 73.4 Å². The first-order valence-electron chi connectivity index (χ1n) is 23.5. The summed E-state index contributed by atoms with van der Waals surface area (Å²) < 4.78 is 153. The van der Waals surface area contributed by atoms with E-state index in [0.717, 1.165) is 58.7 Å². The fraction of sp³-hybridized carbons (Fsp3) is 0.360. The zero-order valence-electron chi connectivity index (χ0n) is 42.3. The lowest BCUT2D eigenvalue weighted by molar-refractivity contribution is -0.145. The van der Waals surface area contributed by atoms with Crippen molar-refractivity contribution in [2.75, 3.05) is 0 Å². The van der Waals surface area contributed by atoms with Crippen LogP contribution in [0.4, 0.5) is 46.5 Å². The van der Waals surface area contributed by atoms with Crippen LogP contribution < -0.4 is 5.32 Å². The Bertz CT molecular complexity index is 3480. The highest BCUT2D eigenvalue weighted by atomic mass is 35.7. The molecule has 6 aromatic rings. The molecule has 0 aromatic carbocycles. The van der Waals surface area contributed by atoms with Gasteiger partial charge in [-0.05, 0) is 87.1 Å². The summed E-state index contributed by atoms with van der Waals surface area (Å²) in [6.07, 6.45) is -1.76. The van der Waals surface area contributed by atoms with Gasteiger partial charge in [0.05, 0.1) is 42.7 Å². The minimum atomic E-state index is -4.68. The van der Waals surface area contributed by atoms with E-state index in [2.05, 4.69) is 54.9 Å². The largest absolute Gasteiger partial charge is 0.451 e. The average molecular weight is 1200 g/mol. The number of carbonyl (C=O) groups excluding carboxylic acids is 2. The Morgan fingerprint density at radius 3 is 1.46 bits per heavy atom. The van der Waals surface area contributed by atoms with E-state index < -0.39 is 79.3 Å². The molecule has 2 aliphatic rings. The molecule has 2 aliphatic heterocycles. The summed E-state index contributed by atoms with van der Waals surface area (Å²) in [6.45, 7) is 20.2. The molecule has 0 radical (unpaired) electrons. The molecule has 2 fully saturated rings. The van der Waals surface area contributed by atoms with E-state index >= 15 is 0 Å². The normalized spacial score (nSPS) is 19.2. The molecule has 0 aliphatic carbocycles. The van der Waals surface area contributed by atoms with Gasteiger partial charge in [-0.2, -0.15) is 30.6 Å². The molecular weight excluding hydrogens is 1150 g/mol. The predicted octanol–water partition coefficient (Wildman–Crippen LogP) is 9.94. The highest BCUT2D eigenvalue weighted by Crippen LogP contribution is 2.35. The van der Waals surface area contributed by atoms with Crippen molar-refractivity contribution in [2.45, 2.75) is 125 Å². The second-order valence-electron chi connectivity index (χ2n) is 18.0. The van der Waals surface area contributed by atoms with E-state index in [-0.39, 0.29) is 83.3 Å². The molecular formula is C50H46Cl2F8N12O6S2. The third-order valence-electron chi connectivity index (χ3n) is 12.5. The zero-order chi connectivity index (χ0) is 58.2. The Balaban J connectivity index is 0.000000249. The van der Waals surface area contributed by atoms with Crippen molar-refractivity contribution in [1.82, 2.24) is 49.5 Å².